The summed E-state index contributed by atoms with van der Waals surface area (Å²) in [5.74, 6) is 0. The Morgan fingerprint density at radius 2 is 0.902 bits per heavy atom. The predicted molar refractivity (Wildman–Crippen MR) is 217 cm³/mol. The highest BCUT2D eigenvalue weighted by Crippen LogP contribution is 2.56. The van der Waals surface area contributed by atoms with E-state index in [9.17, 15) is 0 Å². The van der Waals surface area contributed by atoms with Crippen LogP contribution < -0.4 is 4.90 Å². The van der Waals surface area contributed by atoms with Crippen molar-refractivity contribution in [3.05, 3.63) is 222 Å². The van der Waals surface area contributed by atoms with Crippen LogP contribution in [0.1, 0.15) is 22.3 Å². The highest BCUT2D eigenvalue weighted by molar-refractivity contribution is 7.26. The van der Waals surface area contributed by atoms with Gasteiger partial charge in [-0.2, -0.15) is 0 Å². The van der Waals surface area contributed by atoms with Gasteiger partial charge in [-0.25, -0.2) is 0 Å². The SMILES string of the molecule is c1ccc(N(c2ccccc2)c2ccc(-c3cccc4c3sc3ccc(C5(c6ccccc6)c6ccccc6-c6ccccc65)cc34)cc2)cc1. The summed E-state index contributed by atoms with van der Waals surface area (Å²) in [5.41, 5.74) is 13.4. The van der Waals surface area contributed by atoms with Gasteiger partial charge in [0.05, 0.1) is 5.41 Å². The number of thiophene rings is 1. The fourth-order valence-corrected chi connectivity index (χ4v) is 9.58. The van der Waals surface area contributed by atoms with E-state index in [2.05, 4.69) is 205 Å². The number of rotatable bonds is 6. The van der Waals surface area contributed by atoms with Gasteiger partial charge in [-0.3, -0.25) is 0 Å². The normalized spacial score (nSPS) is 12.9. The Balaban J connectivity index is 1.12. The first-order valence-corrected chi connectivity index (χ1v) is 18.3. The molecule has 1 aromatic heterocycles. The maximum absolute atomic E-state index is 2.48. The maximum Gasteiger partial charge on any atom is 0.0713 e. The van der Waals surface area contributed by atoms with Crippen molar-refractivity contribution in [2.75, 3.05) is 4.90 Å². The number of nitrogens with zero attached hydrogens (tertiary/aromatic N) is 1. The molecule has 240 valence electrons. The van der Waals surface area contributed by atoms with Crippen molar-refractivity contribution in [3.8, 4) is 22.3 Å². The molecule has 51 heavy (non-hydrogen) atoms. The molecule has 10 rings (SSSR count). The summed E-state index contributed by atoms with van der Waals surface area (Å²) < 4.78 is 2.63. The predicted octanol–water partition coefficient (Wildman–Crippen LogP) is 13.6. The fraction of sp³-hybridized carbons (Fsp3) is 0.0204. The van der Waals surface area contributed by atoms with Gasteiger partial charge in [0.1, 0.15) is 0 Å². The zero-order valence-corrected chi connectivity index (χ0v) is 28.7. The molecule has 8 aromatic carbocycles. The lowest BCUT2D eigenvalue weighted by Crippen LogP contribution is -2.28. The van der Waals surface area contributed by atoms with Crippen molar-refractivity contribution in [2.45, 2.75) is 5.41 Å². The molecule has 0 fully saturated rings. The molecule has 0 radical (unpaired) electrons. The highest BCUT2D eigenvalue weighted by atomic mass is 32.1. The second-order valence-corrected chi connectivity index (χ2v) is 14.3. The average Bonchev–Trinajstić information content (AvgIpc) is 3.73. The Hall–Kier alpha value is -6.22. The second-order valence-electron chi connectivity index (χ2n) is 13.3. The van der Waals surface area contributed by atoms with E-state index in [0.29, 0.717) is 0 Å². The lowest BCUT2D eigenvalue weighted by Gasteiger charge is -2.34. The van der Waals surface area contributed by atoms with Crippen LogP contribution in [0.4, 0.5) is 17.1 Å². The van der Waals surface area contributed by atoms with Crippen LogP contribution in [-0.4, -0.2) is 0 Å². The monoisotopic (exact) mass is 667 g/mol. The molecule has 9 aromatic rings. The van der Waals surface area contributed by atoms with Gasteiger partial charge in [-0.1, -0.05) is 152 Å². The summed E-state index contributed by atoms with van der Waals surface area (Å²) in [6.07, 6.45) is 0. The number of fused-ring (bicyclic) bond motifs is 6. The molecule has 1 heterocycles. The standard InChI is InChI=1S/C49H33NS/c1-4-15-35(16-5-1)49(45-25-12-10-21-41(45)42-22-11-13-26-46(42)49)36-29-32-47-44(33-36)43-24-14-23-40(48(43)51-47)34-27-30-39(31-28-34)50(37-17-6-2-7-18-37)38-19-8-3-9-20-38/h1-33H. The Morgan fingerprint density at radius 3 is 1.53 bits per heavy atom. The third-order valence-electron chi connectivity index (χ3n) is 10.6. The zero-order chi connectivity index (χ0) is 33.8. The first-order chi connectivity index (χ1) is 25.3. The average molecular weight is 668 g/mol. The van der Waals surface area contributed by atoms with Crippen LogP contribution in [0.25, 0.3) is 42.4 Å². The number of hydrogen-bond donors (Lipinski definition) is 0. The van der Waals surface area contributed by atoms with Crippen LogP contribution in [0, 0.1) is 0 Å². The summed E-state index contributed by atoms with van der Waals surface area (Å²) >= 11 is 1.89. The number of benzene rings is 8. The largest absolute Gasteiger partial charge is 0.311 e. The molecule has 0 saturated heterocycles. The Labute approximate surface area is 302 Å². The summed E-state index contributed by atoms with van der Waals surface area (Å²) in [6.45, 7) is 0. The highest BCUT2D eigenvalue weighted by Gasteiger charge is 2.45. The quantitative estimate of drug-likeness (QED) is 0.171. The van der Waals surface area contributed by atoms with Crippen molar-refractivity contribution in [1.29, 1.82) is 0 Å². The van der Waals surface area contributed by atoms with E-state index in [4.69, 9.17) is 0 Å². The van der Waals surface area contributed by atoms with Crippen LogP contribution in [0.5, 0.6) is 0 Å². The molecule has 0 N–H and O–H groups in total. The fourth-order valence-electron chi connectivity index (χ4n) is 8.36. The lowest BCUT2D eigenvalue weighted by atomic mass is 9.67. The molecule has 1 nitrogen and oxygen atoms in total. The van der Waals surface area contributed by atoms with Crippen molar-refractivity contribution in [2.24, 2.45) is 0 Å². The minimum Gasteiger partial charge on any atom is -0.311 e. The molecule has 0 saturated carbocycles. The molecule has 0 amide bonds. The van der Waals surface area contributed by atoms with E-state index >= 15 is 0 Å². The van der Waals surface area contributed by atoms with Crippen molar-refractivity contribution in [3.63, 3.8) is 0 Å². The topological polar surface area (TPSA) is 3.24 Å². The van der Waals surface area contributed by atoms with Crippen LogP contribution in [-0.2, 0) is 5.41 Å². The van der Waals surface area contributed by atoms with E-state index in [1.54, 1.807) is 0 Å². The number of para-hydroxylation sites is 2. The Morgan fingerprint density at radius 1 is 0.373 bits per heavy atom. The van der Waals surface area contributed by atoms with Gasteiger partial charge in [-0.05, 0) is 93.0 Å². The summed E-state index contributed by atoms with van der Waals surface area (Å²) in [6, 6.07) is 73.2. The van der Waals surface area contributed by atoms with Crippen molar-refractivity contribution in [1.82, 2.24) is 0 Å². The van der Waals surface area contributed by atoms with E-state index in [1.165, 1.54) is 64.7 Å². The van der Waals surface area contributed by atoms with Crippen LogP contribution >= 0.6 is 11.3 Å². The first-order valence-electron chi connectivity index (χ1n) is 17.5. The van der Waals surface area contributed by atoms with Gasteiger partial charge < -0.3 is 4.90 Å². The molecule has 0 unspecified atom stereocenters. The van der Waals surface area contributed by atoms with Gasteiger partial charge >= 0.3 is 0 Å². The van der Waals surface area contributed by atoms with E-state index in [0.717, 1.165) is 17.1 Å². The third kappa shape index (κ3) is 4.61. The molecular formula is C49H33NS. The third-order valence-corrected chi connectivity index (χ3v) is 11.8. The molecular weight excluding hydrogens is 635 g/mol. The number of hydrogen-bond acceptors (Lipinski definition) is 2. The van der Waals surface area contributed by atoms with Gasteiger partial charge in [0.25, 0.3) is 0 Å². The van der Waals surface area contributed by atoms with Gasteiger partial charge in [0, 0.05) is 37.2 Å². The molecule has 0 aliphatic heterocycles. The zero-order valence-electron chi connectivity index (χ0n) is 27.9. The second kappa shape index (κ2) is 12.0. The van der Waals surface area contributed by atoms with E-state index < -0.39 is 5.41 Å². The lowest BCUT2D eigenvalue weighted by molar-refractivity contribution is 0.770. The summed E-state index contributed by atoms with van der Waals surface area (Å²) in [4.78, 5) is 2.31. The Bertz CT molecular complexity index is 2590. The van der Waals surface area contributed by atoms with Crippen LogP contribution in [0.15, 0.2) is 200 Å². The van der Waals surface area contributed by atoms with Gasteiger partial charge in [-0.15, -0.1) is 11.3 Å². The van der Waals surface area contributed by atoms with Crippen LogP contribution in [0.3, 0.4) is 0 Å². The molecule has 1 aliphatic carbocycles. The van der Waals surface area contributed by atoms with E-state index in [-0.39, 0.29) is 0 Å². The number of anilines is 3. The van der Waals surface area contributed by atoms with E-state index in [1.807, 2.05) is 11.3 Å². The summed E-state index contributed by atoms with van der Waals surface area (Å²) in [7, 11) is 0. The van der Waals surface area contributed by atoms with Crippen molar-refractivity contribution < 1.29 is 0 Å². The minimum absolute atomic E-state index is 0.409. The minimum atomic E-state index is -0.409. The molecule has 0 bridgehead atoms. The molecule has 2 heteroatoms. The first kappa shape index (κ1) is 29.7. The smallest absolute Gasteiger partial charge is 0.0713 e. The molecule has 0 spiro atoms. The van der Waals surface area contributed by atoms with Gasteiger partial charge in [0.15, 0.2) is 0 Å². The van der Waals surface area contributed by atoms with Gasteiger partial charge in [0.2, 0.25) is 0 Å². The maximum atomic E-state index is 2.48. The van der Waals surface area contributed by atoms with Crippen LogP contribution in [0.2, 0.25) is 0 Å². The van der Waals surface area contributed by atoms with Crippen molar-refractivity contribution >= 4 is 48.6 Å². The molecule has 0 atom stereocenters. The summed E-state index contributed by atoms with van der Waals surface area (Å²) in [5, 5.41) is 2.61. The Kier molecular flexibility index (Phi) is 6.97. The molecule has 1 aliphatic rings.